The van der Waals surface area contributed by atoms with Gasteiger partial charge in [-0.1, -0.05) is 0 Å². The van der Waals surface area contributed by atoms with Gasteiger partial charge in [0.15, 0.2) is 0 Å². The molecule has 0 bridgehead atoms. The molecule has 2 rings (SSSR count). The van der Waals surface area contributed by atoms with E-state index < -0.39 is 5.60 Å². The quantitative estimate of drug-likeness (QED) is 0.793. The zero-order valence-corrected chi connectivity index (χ0v) is 13.6. The second-order valence-electron chi connectivity index (χ2n) is 7.06. The van der Waals surface area contributed by atoms with Gasteiger partial charge in [-0.05, 0) is 33.1 Å². The Hall–Kier alpha value is -0.850. The third kappa shape index (κ3) is 4.56. The number of piperazine rings is 1. The normalized spacial score (nSPS) is 25.9. The summed E-state index contributed by atoms with van der Waals surface area (Å²) < 4.78 is 5.46. The van der Waals surface area contributed by atoms with Crippen molar-refractivity contribution in [2.75, 3.05) is 45.8 Å². The van der Waals surface area contributed by atoms with Crippen LogP contribution in [0.4, 0.5) is 4.79 Å². The fourth-order valence-corrected chi connectivity index (χ4v) is 3.25. The van der Waals surface area contributed by atoms with E-state index in [-0.39, 0.29) is 6.09 Å². The molecule has 0 saturated carbocycles. The minimum absolute atomic E-state index is 0.193. The zero-order valence-electron chi connectivity index (χ0n) is 13.6. The number of ether oxygens (including phenoxy) is 1. The van der Waals surface area contributed by atoms with Crippen LogP contribution in [0.25, 0.3) is 0 Å². The Morgan fingerprint density at radius 3 is 2.57 bits per heavy atom. The Morgan fingerprint density at radius 1 is 1.33 bits per heavy atom. The van der Waals surface area contributed by atoms with Crippen LogP contribution >= 0.6 is 0 Å². The van der Waals surface area contributed by atoms with Gasteiger partial charge in [0.2, 0.25) is 0 Å². The Labute approximate surface area is 128 Å². The van der Waals surface area contributed by atoms with Crippen LogP contribution in [0.2, 0.25) is 0 Å². The second-order valence-corrected chi connectivity index (χ2v) is 7.06. The molecular formula is C15H30N4O2. The van der Waals surface area contributed by atoms with Gasteiger partial charge in [-0.2, -0.15) is 0 Å². The number of rotatable bonds is 3. The molecule has 2 aliphatic heterocycles. The summed E-state index contributed by atoms with van der Waals surface area (Å²) >= 11 is 0. The predicted molar refractivity (Wildman–Crippen MR) is 83.2 cm³/mol. The van der Waals surface area contributed by atoms with Gasteiger partial charge in [0.1, 0.15) is 5.60 Å². The number of nitrogens with zero attached hydrogens (tertiary/aromatic N) is 2. The molecule has 2 heterocycles. The highest BCUT2D eigenvalue weighted by Crippen LogP contribution is 2.24. The first-order valence-electron chi connectivity index (χ1n) is 8.03. The summed E-state index contributed by atoms with van der Waals surface area (Å²) in [5, 5.41) is 3.37. The number of nitrogens with one attached hydrogen (secondary N) is 1. The maximum Gasteiger partial charge on any atom is 0.410 e. The van der Waals surface area contributed by atoms with Crippen LogP contribution in [-0.2, 0) is 4.74 Å². The summed E-state index contributed by atoms with van der Waals surface area (Å²) in [6.45, 7) is 12.1. The monoisotopic (exact) mass is 298 g/mol. The van der Waals surface area contributed by atoms with Gasteiger partial charge in [-0.25, -0.2) is 4.79 Å². The molecule has 0 aliphatic carbocycles. The average Bonchev–Trinajstić information content (AvgIpc) is 2.89. The van der Waals surface area contributed by atoms with Crippen molar-refractivity contribution in [3.05, 3.63) is 0 Å². The SMILES string of the molecule is CC(C)(C)OC(=O)N1CCC(C(CN)N2CCNCC2)C1. The molecule has 21 heavy (non-hydrogen) atoms. The molecule has 1 amide bonds. The van der Waals surface area contributed by atoms with Gasteiger partial charge in [-0.3, -0.25) is 4.90 Å². The van der Waals surface area contributed by atoms with Crippen LogP contribution in [0.15, 0.2) is 0 Å². The van der Waals surface area contributed by atoms with E-state index in [1.54, 1.807) is 0 Å². The van der Waals surface area contributed by atoms with Crippen molar-refractivity contribution in [2.45, 2.75) is 38.8 Å². The number of likely N-dealkylation sites (tertiary alicyclic amines) is 1. The average molecular weight is 298 g/mol. The van der Waals surface area contributed by atoms with E-state index in [1.807, 2.05) is 25.7 Å². The number of carbonyl (C=O) groups is 1. The molecule has 2 fully saturated rings. The van der Waals surface area contributed by atoms with E-state index >= 15 is 0 Å². The standard InChI is InChI=1S/C15H30N4O2/c1-15(2,3)21-14(20)19-7-4-12(11-19)13(10-16)18-8-5-17-6-9-18/h12-13,17H,4-11,16H2,1-3H3. The molecule has 0 aromatic heterocycles. The van der Waals surface area contributed by atoms with Crippen molar-refractivity contribution in [3.63, 3.8) is 0 Å². The van der Waals surface area contributed by atoms with Crippen LogP contribution in [0, 0.1) is 5.92 Å². The lowest BCUT2D eigenvalue weighted by molar-refractivity contribution is 0.0276. The zero-order chi connectivity index (χ0) is 15.5. The van der Waals surface area contributed by atoms with Gasteiger partial charge < -0.3 is 20.7 Å². The molecule has 0 spiro atoms. The molecular weight excluding hydrogens is 268 g/mol. The number of hydrogen-bond acceptors (Lipinski definition) is 5. The maximum absolute atomic E-state index is 12.1. The van der Waals surface area contributed by atoms with Crippen molar-refractivity contribution in [3.8, 4) is 0 Å². The van der Waals surface area contributed by atoms with Crippen molar-refractivity contribution >= 4 is 6.09 Å². The molecule has 2 saturated heterocycles. The third-order valence-corrected chi connectivity index (χ3v) is 4.28. The summed E-state index contributed by atoms with van der Waals surface area (Å²) in [6.07, 6.45) is 0.825. The van der Waals surface area contributed by atoms with Crippen molar-refractivity contribution in [1.29, 1.82) is 0 Å². The number of amides is 1. The molecule has 0 aromatic rings. The van der Waals surface area contributed by atoms with Crippen LogP contribution < -0.4 is 11.1 Å². The molecule has 2 unspecified atom stereocenters. The second kappa shape index (κ2) is 6.94. The summed E-state index contributed by atoms with van der Waals surface area (Å²) in [5.41, 5.74) is 5.58. The Kier molecular flexibility index (Phi) is 5.46. The van der Waals surface area contributed by atoms with E-state index in [0.717, 1.165) is 45.7 Å². The first-order chi connectivity index (χ1) is 9.90. The lowest BCUT2D eigenvalue weighted by atomic mass is 9.97. The summed E-state index contributed by atoms with van der Waals surface area (Å²) in [7, 11) is 0. The Morgan fingerprint density at radius 2 is 2.00 bits per heavy atom. The van der Waals surface area contributed by atoms with Crippen LogP contribution in [0.3, 0.4) is 0 Å². The predicted octanol–water partition coefficient (Wildman–Crippen LogP) is 0.476. The van der Waals surface area contributed by atoms with Crippen LogP contribution in [0.5, 0.6) is 0 Å². The molecule has 6 nitrogen and oxygen atoms in total. The minimum atomic E-state index is -0.430. The summed E-state index contributed by atoms with van der Waals surface area (Å²) in [6, 6.07) is 0.375. The van der Waals surface area contributed by atoms with Gasteiger partial charge in [0, 0.05) is 51.9 Å². The first kappa shape index (κ1) is 16.5. The number of nitrogens with two attached hydrogens (primary N) is 1. The van der Waals surface area contributed by atoms with Gasteiger partial charge in [0.25, 0.3) is 0 Å². The van der Waals surface area contributed by atoms with Gasteiger partial charge >= 0.3 is 6.09 Å². The van der Waals surface area contributed by atoms with Crippen LogP contribution in [0.1, 0.15) is 27.2 Å². The highest BCUT2D eigenvalue weighted by Gasteiger charge is 2.36. The fraction of sp³-hybridized carbons (Fsp3) is 0.933. The van der Waals surface area contributed by atoms with E-state index in [4.69, 9.17) is 10.5 Å². The van der Waals surface area contributed by atoms with Gasteiger partial charge in [-0.15, -0.1) is 0 Å². The minimum Gasteiger partial charge on any atom is -0.444 e. The largest absolute Gasteiger partial charge is 0.444 e. The topological polar surface area (TPSA) is 70.8 Å². The molecule has 3 N–H and O–H groups in total. The van der Waals surface area contributed by atoms with Crippen molar-refractivity contribution < 1.29 is 9.53 Å². The van der Waals surface area contributed by atoms with E-state index in [0.29, 0.717) is 18.5 Å². The molecule has 2 atom stereocenters. The highest BCUT2D eigenvalue weighted by atomic mass is 16.6. The lowest BCUT2D eigenvalue weighted by Gasteiger charge is -2.37. The first-order valence-corrected chi connectivity index (χ1v) is 8.03. The smallest absolute Gasteiger partial charge is 0.410 e. The molecule has 0 radical (unpaired) electrons. The van der Waals surface area contributed by atoms with E-state index in [1.165, 1.54) is 0 Å². The van der Waals surface area contributed by atoms with Gasteiger partial charge in [0.05, 0.1) is 0 Å². The molecule has 2 aliphatic rings. The Balaban J connectivity index is 1.89. The molecule has 122 valence electrons. The van der Waals surface area contributed by atoms with E-state index in [2.05, 4.69) is 10.2 Å². The summed E-state index contributed by atoms with van der Waals surface area (Å²) in [5.74, 6) is 0.459. The highest BCUT2D eigenvalue weighted by molar-refractivity contribution is 5.68. The number of hydrogen-bond donors (Lipinski definition) is 2. The third-order valence-electron chi connectivity index (χ3n) is 4.28. The van der Waals surface area contributed by atoms with Crippen LogP contribution in [-0.4, -0.2) is 73.3 Å². The number of carbonyl (C=O) groups excluding carboxylic acids is 1. The molecule has 0 aromatic carbocycles. The van der Waals surface area contributed by atoms with Crippen molar-refractivity contribution in [1.82, 2.24) is 15.1 Å². The molecule has 6 heteroatoms. The van der Waals surface area contributed by atoms with E-state index in [9.17, 15) is 4.79 Å². The maximum atomic E-state index is 12.1. The fourth-order valence-electron chi connectivity index (χ4n) is 3.25. The summed E-state index contributed by atoms with van der Waals surface area (Å²) in [4.78, 5) is 16.4. The lowest BCUT2D eigenvalue weighted by Crippen LogP contribution is -2.54. The Bertz CT molecular complexity index is 350. The van der Waals surface area contributed by atoms with Crippen molar-refractivity contribution in [2.24, 2.45) is 11.7 Å².